The Bertz CT molecular complexity index is 524. The highest BCUT2D eigenvalue weighted by Crippen LogP contribution is 2.04. The van der Waals surface area contributed by atoms with Crippen LogP contribution in [0.5, 0.6) is 0 Å². The minimum Gasteiger partial charge on any atom is -0.467 e. The summed E-state index contributed by atoms with van der Waals surface area (Å²) in [5.41, 5.74) is 0.880. The van der Waals surface area contributed by atoms with Crippen molar-refractivity contribution in [3.63, 3.8) is 0 Å². The van der Waals surface area contributed by atoms with E-state index < -0.39 is 23.9 Å². The van der Waals surface area contributed by atoms with Crippen LogP contribution in [0.1, 0.15) is 5.56 Å². The standard InChI is InChI=1S/C15H17NO5/c1-20-14(18)9-8-13(17)16-12(15(19)21-2)10-11-6-4-3-5-7-11/h3-9,12H,10H2,1-2H3,(H,16,17)/b9-8-/t12-/m1/s1. The lowest BCUT2D eigenvalue weighted by molar-refractivity contribution is -0.144. The molecule has 6 heteroatoms. The lowest BCUT2D eigenvalue weighted by Crippen LogP contribution is -2.42. The van der Waals surface area contributed by atoms with Gasteiger partial charge in [-0.2, -0.15) is 0 Å². The van der Waals surface area contributed by atoms with E-state index in [1.54, 1.807) is 0 Å². The van der Waals surface area contributed by atoms with Crippen molar-refractivity contribution in [3.05, 3.63) is 48.0 Å². The van der Waals surface area contributed by atoms with E-state index in [-0.39, 0.29) is 0 Å². The molecule has 1 amide bonds. The second-order valence-corrected chi connectivity index (χ2v) is 4.13. The van der Waals surface area contributed by atoms with Gasteiger partial charge in [0.15, 0.2) is 0 Å². The van der Waals surface area contributed by atoms with Gasteiger partial charge in [0, 0.05) is 18.6 Å². The van der Waals surface area contributed by atoms with E-state index in [1.165, 1.54) is 14.2 Å². The van der Waals surface area contributed by atoms with Gasteiger partial charge in [0.25, 0.3) is 0 Å². The van der Waals surface area contributed by atoms with Gasteiger partial charge in [-0.3, -0.25) is 4.79 Å². The van der Waals surface area contributed by atoms with Gasteiger partial charge < -0.3 is 14.8 Å². The van der Waals surface area contributed by atoms with E-state index in [4.69, 9.17) is 0 Å². The van der Waals surface area contributed by atoms with E-state index in [0.29, 0.717) is 6.42 Å². The molecule has 0 radical (unpaired) electrons. The third-order valence-electron chi connectivity index (χ3n) is 2.66. The van der Waals surface area contributed by atoms with E-state index in [2.05, 4.69) is 14.8 Å². The van der Waals surface area contributed by atoms with Gasteiger partial charge in [-0.15, -0.1) is 0 Å². The summed E-state index contributed by atoms with van der Waals surface area (Å²) in [4.78, 5) is 34.3. The predicted octanol–water partition coefficient (Wildman–Crippen LogP) is 0.616. The van der Waals surface area contributed by atoms with Crippen molar-refractivity contribution in [1.29, 1.82) is 0 Å². The van der Waals surface area contributed by atoms with Gasteiger partial charge in [-0.1, -0.05) is 30.3 Å². The molecule has 0 heterocycles. The van der Waals surface area contributed by atoms with E-state index >= 15 is 0 Å². The second kappa shape index (κ2) is 8.52. The van der Waals surface area contributed by atoms with Crippen molar-refractivity contribution < 1.29 is 23.9 Å². The molecule has 0 saturated carbocycles. The third kappa shape index (κ3) is 5.90. The topological polar surface area (TPSA) is 81.7 Å². The lowest BCUT2D eigenvalue weighted by Gasteiger charge is -2.15. The van der Waals surface area contributed by atoms with Crippen LogP contribution in [-0.2, 0) is 30.3 Å². The minimum atomic E-state index is -0.827. The van der Waals surface area contributed by atoms with Crippen LogP contribution in [0.25, 0.3) is 0 Å². The first-order valence-electron chi connectivity index (χ1n) is 6.25. The molecule has 0 spiro atoms. The summed E-state index contributed by atoms with van der Waals surface area (Å²) in [6.07, 6.45) is 2.28. The number of benzene rings is 1. The fourth-order valence-electron chi connectivity index (χ4n) is 1.62. The SMILES string of the molecule is COC(=O)/C=C\C(=O)N[C@H](Cc1ccccc1)C(=O)OC. The molecule has 0 unspecified atom stereocenters. The van der Waals surface area contributed by atoms with Crippen LogP contribution in [0.15, 0.2) is 42.5 Å². The van der Waals surface area contributed by atoms with Crippen molar-refractivity contribution in [1.82, 2.24) is 5.32 Å². The molecule has 6 nitrogen and oxygen atoms in total. The van der Waals surface area contributed by atoms with Crippen molar-refractivity contribution in [2.24, 2.45) is 0 Å². The number of nitrogens with one attached hydrogen (secondary N) is 1. The lowest BCUT2D eigenvalue weighted by atomic mass is 10.1. The maximum absolute atomic E-state index is 11.7. The molecule has 0 fully saturated rings. The third-order valence-corrected chi connectivity index (χ3v) is 2.66. The maximum atomic E-state index is 11.7. The first-order valence-corrected chi connectivity index (χ1v) is 6.25. The molecule has 1 aromatic rings. The predicted molar refractivity (Wildman–Crippen MR) is 75.2 cm³/mol. The molecular weight excluding hydrogens is 274 g/mol. The summed E-state index contributed by atoms with van der Waals surface area (Å²) in [5.74, 6) is -1.78. The number of ether oxygens (including phenoxy) is 2. The quantitative estimate of drug-likeness (QED) is 0.613. The highest BCUT2D eigenvalue weighted by molar-refractivity contribution is 5.96. The van der Waals surface area contributed by atoms with Gasteiger partial charge in [0.1, 0.15) is 6.04 Å². The van der Waals surface area contributed by atoms with Gasteiger partial charge in [-0.05, 0) is 5.56 Å². The Labute approximate surface area is 122 Å². The van der Waals surface area contributed by atoms with Crippen LogP contribution in [0, 0.1) is 0 Å². The van der Waals surface area contributed by atoms with Crippen LogP contribution in [0.2, 0.25) is 0 Å². The van der Waals surface area contributed by atoms with Crippen LogP contribution in [0.3, 0.4) is 0 Å². The summed E-state index contributed by atoms with van der Waals surface area (Å²) in [6, 6.07) is 8.38. The molecule has 0 bridgehead atoms. The van der Waals surface area contributed by atoms with E-state index in [1.807, 2.05) is 30.3 Å². The van der Waals surface area contributed by atoms with Crippen molar-refractivity contribution >= 4 is 17.8 Å². The fourth-order valence-corrected chi connectivity index (χ4v) is 1.62. The highest BCUT2D eigenvalue weighted by Gasteiger charge is 2.21. The number of carbonyl (C=O) groups excluding carboxylic acids is 3. The molecule has 1 rings (SSSR count). The normalized spacial score (nSPS) is 11.7. The van der Waals surface area contributed by atoms with E-state index in [0.717, 1.165) is 17.7 Å². The van der Waals surface area contributed by atoms with Gasteiger partial charge >= 0.3 is 11.9 Å². The summed E-state index contributed by atoms with van der Waals surface area (Å²) in [6.45, 7) is 0. The van der Waals surface area contributed by atoms with Crippen LogP contribution in [0.4, 0.5) is 0 Å². The molecule has 0 saturated heterocycles. The van der Waals surface area contributed by atoms with Crippen LogP contribution >= 0.6 is 0 Å². The molecule has 0 aromatic heterocycles. The summed E-state index contributed by atoms with van der Waals surface area (Å²) in [5, 5.41) is 2.49. The summed E-state index contributed by atoms with van der Waals surface area (Å²) in [7, 11) is 2.45. The Morgan fingerprint density at radius 3 is 2.33 bits per heavy atom. The number of methoxy groups -OCH3 is 2. The molecule has 0 aliphatic heterocycles. The number of esters is 2. The second-order valence-electron chi connectivity index (χ2n) is 4.13. The number of hydrogen-bond acceptors (Lipinski definition) is 5. The molecule has 0 aliphatic carbocycles. The van der Waals surface area contributed by atoms with Crippen molar-refractivity contribution in [3.8, 4) is 0 Å². The zero-order chi connectivity index (χ0) is 15.7. The average Bonchev–Trinajstić information content (AvgIpc) is 2.52. The van der Waals surface area contributed by atoms with Crippen molar-refractivity contribution in [2.75, 3.05) is 14.2 Å². The first-order chi connectivity index (χ1) is 10.1. The molecule has 0 aliphatic rings. The molecule has 1 N–H and O–H groups in total. The molecular formula is C15H17NO5. The van der Waals surface area contributed by atoms with E-state index in [9.17, 15) is 14.4 Å². The Morgan fingerprint density at radius 2 is 1.76 bits per heavy atom. The molecule has 112 valence electrons. The smallest absolute Gasteiger partial charge is 0.330 e. The minimum absolute atomic E-state index is 0.297. The monoisotopic (exact) mass is 291 g/mol. The number of amides is 1. The Hall–Kier alpha value is -2.63. The fraction of sp³-hybridized carbons (Fsp3) is 0.267. The Balaban J connectivity index is 2.70. The van der Waals surface area contributed by atoms with Gasteiger partial charge in [-0.25, -0.2) is 9.59 Å². The Kier molecular flexibility index (Phi) is 6.67. The highest BCUT2D eigenvalue weighted by atomic mass is 16.5. The average molecular weight is 291 g/mol. The van der Waals surface area contributed by atoms with Gasteiger partial charge in [0.05, 0.1) is 14.2 Å². The first kappa shape index (κ1) is 16.4. The zero-order valence-corrected chi connectivity index (χ0v) is 11.9. The molecule has 1 aromatic carbocycles. The summed E-state index contributed by atoms with van der Waals surface area (Å²) >= 11 is 0. The van der Waals surface area contributed by atoms with Gasteiger partial charge in [0.2, 0.25) is 5.91 Å². The maximum Gasteiger partial charge on any atom is 0.330 e. The zero-order valence-electron chi connectivity index (χ0n) is 11.9. The number of rotatable bonds is 6. The van der Waals surface area contributed by atoms with Crippen molar-refractivity contribution in [2.45, 2.75) is 12.5 Å². The number of hydrogen-bond donors (Lipinski definition) is 1. The van der Waals surface area contributed by atoms with Crippen LogP contribution < -0.4 is 5.32 Å². The molecule has 21 heavy (non-hydrogen) atoms. The van der Waals surface area contributed by atoms with Crippen LogP contribution in [-0.4, -0.2) is 38.1 Å². The molecule has 1 atom stereocenters. The summed E-state index contributed by atoms with van der Waals surface area (Å²) < 4.78 is 9.04. The largest absolute Gasteiger partial charge is 0.467 e. The Morgan fingerprint density at radius 1 is 1.10 bits per heavy atom. The number of carbonyl (C=O) groups is 3.